The number of carbonyl (C=O) groups excluding carboxylic acids is 1. The van der Waals surface area contributed by atoms with Crippen LogP contribution in [0, 0.1) is 5.82 Å². The third-order valence-electron chi connectivity index (χ3n) is 3.88. The Bertz CT molecular complexity index is 975. The van der Waals surface area contributed by atoms with Crippen LogP contribution in [0.3, 0.4) is 0 Å². The van der Waals surface area contributed by atoms with Crippen LogP contribution in [0.5, 0.6) is 11.5 Å². The highest BCUT2D eigenvalue weighted by atomic mass is 35.5. The topological polar surface area (TPSA) is 65.4 Å². The Labute approximate surface area is 160 Å². The third kappa shape index (κ3) is 4.38. The number of nitrogens with zero attached hydrogens (tertiary/aromatic N) is 2. The van der Waals surface area contributed by atoms with Crippen LogP contribution in [0.2, 0.25) is 5.02 Å². The highest BCUT2D eigenvalue weighted by Gasteiger charge is 2.12. The summed E-state index contributed by atoms with van der Waals surface area (Å²) in [6.45, 7) is 0.353. The van der Waals surface area contributed by atoms with Gasteiger partial charge in [0.15, 0.2) is 11.5 Å². The largest absolute Gasteiger partial charge is 0.493 e. The van der Waals surface area contributed by atoms with Crippen LogP contribution in [0.25, 0.3) is 0 Å². The fraction of sp³-hybridized carbons (Fsp3) is 0.158. The van der Waals surface area contributed by atoms with E-state index in [2.05, 4.69) is 10.4 Å². The highest BCUT2D eigenvalue weighted by Crippen LogP contribution is 2.28. The van der Waals surface area contributed by atoms with Crippen LogP contribution in [-0.4, -0.2) is 29.9 Å². The number of nitrogens with one attached hydrogen (secondary N) is 1. The number of ether oxygens (including phenoxy) is 2. The van der Waals surface area contributed by atoms with E-state index in [0.717, 1.165) is 5.56 Å². The van der Waals surface area contributed by atoms with Gasteiger partial charge in [-0.15, -0.1) is 0 Å². The summed E-state index contributed by atoms with van der Waals surface area (Å²) >= 11 is 6.03. The predicted octanol–water partition coefficient (Wildman–Crippen LogP) is 3.99. The van der Waals surface area contributed by atoms with Gasteiger partial charge in [-0.05, 0) is 35.9 Å². The van der Waals surface area contributed by atoms with Gasteiger partial charge in [-0.2, -0.15) is 5.10 Å². The number of methoxy groups -OCH3 is 2. The zero-order valence-electron chi connectivity index (χ0n) is 14.7. The quantitative estimate of drug-likeness (QED) is 0.692. The lowest BCUT2D eigenvalue weighted by atomic mass is 10.2. The minimum absolute atomic E-state index is 0.310. The summed E-state index contributed by atoms with van der Waals surface area (Å²) in [6.07, 6.45) is 3.19. The van der Waals surface area contributed by atoms with Gasteiger partial charge in [-0.1, -0.05) is 17.7 Å². The molecule has 140 valence electrons. The molecule has 0 aliphatic carbocycles. The molecule has 1 N–H and O–H groups in total. The van der Waals surface area contributed by atoms with E-state index in [0.29, 0.717) is 34.3 Å². The Morgan fingerprint density at radius 3 is 2.67 bits per heavy atom. The lowest BCUT2D eigenvalue weighted by Crippen LogP contribution is -2.11. The van der Waals surface area contributed by atoms with E-state index < -0.39 is 5.82 Å². The Hall–Kier alpha value is -3.06. The molecule has 0 spiro atoms. The first-order chi connectivity index (χ1) is 13.0. The second-order valence-electron chi connectivity index (χ2n) is 5.69. The molecule has 1 aromatic heterocycles. The van der Waals surface area contributed by atoms with Gasteiger partial charge in [-0.3, -0.25) is 9.48 Å². The summed E-state index contributed by atoms with van der Waals surface area (Å²) in [6, 6.07) is 9.08. The maximum Gasteiger partial charge on any atom is 0.255 e. The zero-order valence-corrected chi connectivity index (χ0v) is 15.5. The Morgan fingerprint density at radius 1 is 1.19 bits per heavy atom. The highest BCUT2D eigenvalue weighted by molar-refractivity contribution is 6.31. The second kappa shape index (κ2) is 8.09. The molecule has 0 saturated heterocycles. The number of anilines is 1. The summed E-state index contributed by atoms with van der Waals surface area (Å²) < 4.78 is 25.1. The number of amides is 1. The number of rotatable bonds is 6. The zero-order chi connectivity index (χ0) is 19.4. The average molecular weight is 390 g/mol. The minimum Gasteiger partial charge on any atom is -0.493 e. The van der Waals surface area contributed by atoms with Crippen LogP contribution in [0.15, 0.2) is 48.8 Å². The first-order valence-corrected chi connectivity index (χ1v) is 8.37. The molecule has 0 saturated carbocycles. The molecule has 1 amide bonds. The molecule has 8 heteroatoms. The van der Waals surface area contributed by atoms with Crippen molar-refractivity contribution in [3.63, 3.8) is 0 Å². The SMILES string of the molecule is COc1ccc(C(=O)Nc2cnn(Cc3ccc(F)cc3Cl)c2)cc1OC. The summed E-state index contributed by atoms with van der Waals surface area (Å²) in [4.78, 5) is 12.4. The molecule has 0 bridgehead atoms. The van der Waals surface area contributed by atoms with Crippen molar-refractivity contribution in [2.75, 3.05) is 19.5 Å². The van der Waals surface area contributed by atoms with Gasteiger partial charge in [0, 0.05) is 16.8 Å². The monoisotopic (exact) mass is 389 g/mol. The predicted molar refractivity (Wildman–Crippen MR) is 100 cm³/mol. The molecule has 0 aliphatic rings. The summed E-state index contributed by atoms with van der Waals surface area (Å²) in [5.74, 6) is 0.298. The Morgan fingerprint density at radius 2 is 1.96 bits per heavy atom. The first kappa shape index (κ1) is 18.7. The molecular formula is C19H17ClFN3O3. The number of hydrogen-bond donors (Lipinski definition) is 1. The number of benzene rings is 2. The van der Waals surface area contributed by atoms with Crippen LogP contribution >= 0.6 is 11.6 Å². The number of aromatic nitrogens is 2. The van der Waals surface area contributed by atoms with Crippen molar-refractivity contribution in [3.05, 3.63) is 70.8 Å². The average Bonchev–Trinajstić information content (AvgIpc) is 3.10. The molecule has 3 aromatic rings. The molecule has 27 heavy (non-hydrogen) atoms. The van der Waals surface area contributed by atoms with E-state index >= 15 is 0 Å². The van der Waals surface area contributed by atoms with Crippen molar-refractivity contribution in [1.29, 1.82) is 0 Å². The van der Waals surface area contributed by atoms with Crippen LogP contribution < -0.4 is 14.8 Å². The number of hydrogen-bond acceptors (Lipinski definition) is 4. The lowest BCUT2D eigenvalue weighted by Gasteiger charge is -2.09. The van der Waals surface area contributed by atoms with Gasteiger partial charge in [0.2, 0.25) is 0 Å². The van der Waals surface area contributed by atoms with E-state index in [1.807, 2.05) is 0 Å². The standard InChI is InChI=1S/C19H17ClFN3O3/c1-26-17-6-4-12(7-18(17)27-2)19(25)23-15-9-22-24(11-15)10-13-3-5-14(21)8-16(13)20/h3-9,11H,10H2,1-2H3,(H,23,25). The normalized spacial score (nSPS) is 10.5. The van der Waals surface area contributed by atoms with E-state index in [-0.39, 0.29) is 5.91 Å². The second-order valence-corrected chi connectivity index (χ2v) is 6.09. The van der Waals surface area contributed by atoms with Gasteiger partial charge < -0.3 is 14.8 Å². The lowest BCUT2D eigenvalue weighted by molar-refractivity contribution is 0.102. The Kier molecular flexibility index (Phi) is 5.61. The summed E-state index contributed by atoms with van der Waals surface area (Å²) in [5.41, 5.74) is 1.66. The van der Waals surface area contributed by atoms with Crippen LogP contribution in [0.1, 0.15) is 15.9 Å². The molecule has 0 unspecified atom stereocenters. The molecule has 3 rings (SSSR count). The molecule has 2 aromatic carbocycles. The third-order valence-corrected chi connectivity index (χ3v) is 4.24. The molecule has 6 nitrogen and oxygen atoms in total. The van der Waals surface area contributed by atoms with Crippen molar-refractivity contribution in [2.24, 2.45) is 0 Å². The van der Waals surface area contributed by atoms with Crippen molar-refractivity contribution in [2.45, 2.75) is 6.54 Å². The van der Waals surface area contributed by atoms with Crippen molar-refractivity contribution in [3.8, 4) is 11.5 Å². The molecule has 0 aliphatic heterocycles. The van der Waals surface area contributed by atoms with E-state index in [4.69, 9.17) is 21.1 Å². The van der Waals surface area contributed by atoms with Gasteiger partial charge in [0.25, 0.3) is 5.91 Å². The van der Waals surface area contributed by atoms with Gasteiger partial charge in [-0.25, -0.2) is 4.39 Å². The number of halogens is 2. The Balaban J connectivity index is 1.71. The number of carbonyl (C=O) groups is 1. The maximum absolute atomic E-state index is 13.1. The molecular weight excluding hydrogens is 373 g/mol. The fourth-order valence-electron chi connectivity index (χ4n) is 2.52. The molecule has 0 radical (unpaired) electrons. The minimum atomic E-state index is -0.396. The molecule has 0 fully saturated rings. The smallest absolute Gasteiger partial charge is 0.255 e. The van der Waals surface area contributed by atoms with Crippen molar-refractivity contribution < 1.29 is 18.7 Å². The van der Waals surface area contributed by atoms with Gasteiger partial charge in [0.05, 0.1) is 32.6 Å². The van der Waals surface area contributed by atoms with Crippen LogP contribution in [0.4, 0.5) is 10.1 Å². The van der Waals surface area contributed by atoms with Crippen molar-refractivity contribution >= 4 is 23.2 Å². The summed E-state index contributed by atoms with van der Waals surface area (Å²) in [7, 11) is 3.03. The van der Waals surface area contributed by atoms with Gasteiger partial charge >= 0.3 is 0 Å². The van der Waals surface area contributed by atoms with E-state index in [1.54, 1.807) is 35.1 Å². The summed E-state index contributed by atoms with van der Waals surface area (Å²) in [5, 5.41) is 7.27. The maximum atomic E-state index is 13.1. The fourth-order valence-corrected chi connectivity index (χ4v) is 2.75. The van der Waals surface area contributed by atoms with E-state index in [1.165, 1.54) is 32.5 Å². The van der Waals surface area contributed by atoms with E-state index in [9.17, 15) is 9.18 Å². The van der Waals surface area contributed by atoms with Crippen molar-refractivity contribution in [1.82, 2.24) is 9.78 Å². The van der Waals surface area contributed by atoms with Gasteiger partial charge in [0.1, 0.15) is 5.82 Å². The van der Waals surface area contributed by atoms with Crippen LogP contribution in [-0.2, 0) is 6.54 Å². The molecule has 1 heterocycles. The first-order valence-electron chi connectivity index (χ1n) is 8.00. The molecule has 0 atom stereocenters.